The Labute approximate surface area is 144 Å². The van der Waals surface area contributed by atoms with Crippen molar-refractivity contribution in [3.63, 3.8) is 0 Å². The first-order valence-electron chi connectivity index (χ1n) is 7.45. The van der Waals surface area contributed by atoms with Crippen LogP contribution in [0.15, 0.2) is 35.4 Å². The number of sulfonamides is 1. The summed E-state index contributed by atoms with van der Waals surface area (Å²) < 4.78 is 36.3. The van der Waals surface area contributed by atoms with Crippen LogP contribution in [-0.2, 0) is 10.0 Å². The smallest absolute Gasteiger partial charge is 0.247 e. The molecule has 2 aromatic rings. The van der Waals surface area contributed by atoms with Gasteiger partial charge in [-0.25, -0.2) is 8.42 Å². The van der Waals surface area contributed by atoms with E-state index in [4.69, 9.17) is 9.47 Å². The summed E-state index contributed by atoms with van der Waals surface area (Å²) in [5, 5.41) is 4.39. The van der Waals surface area contributed by atoms with Gasteiger partial charge in [-0.15, -0.1) is 11.3 Å². The van der Waals surface area contributed by atoms with Gasteiger partial charge in [-0.2, -0.15) is 9.52 Å². The number of hydrogen-bond acceptors (Lipinski definition) is 6. The van der Waals surface area contributed by atoms with Gasteiger partial charge in [0, 0.05) is 21.7 Å². The predicted octanol–water partition coefficient (Wildman–Crippen LogP) is 2.90. The van der Waals surface area contributed by atoms with Gasteiger partial charge in [0.2, 0.25) is 16.8 Å². The maximum Gasteiger partial charge on any atom is 0.247 e. The van der Waals surface area contributed by atoms with Gasteiger partial charge < -0.3 is 9.47 Å². The molecule has 0 radical (unpaired) electrons. The molecule has 2 aliphatic heterocycles. The van der Waals surface area contributed by atoms with E-state index in [0.29, 0.717) is 17.9 Å². The molecule has 1 atom stereocenters. The lowest BCUT2D eigenvalue weighted by molar-refractivity contribution is 0.174. The van der Waals surface area contributed by atoms with E-state index in [9.17, 15) is 8.42 Å². The molecule has 0 spiro atoms. The van der Waals surface area contributed by atoms with Gasteiger partial charge in [-0.1, -0.05) is 0 Å². The van der Waals surface area contributed by atoms with Gasteiger partial charge in [-0.05, 0) is 37.3 Å². The Kier molecular flexibility index (Phi) is 3.54. The minimum Gasteiger partial charge on any atom is -0.454 e. The largest absolute Gasteiger partial charge is 0.454 e. The quantitative estimate of drug-likeness (QED) is 0.840. The Hall–Kier alpha value is -2.06. The zero-order valence-electron chi connectivity index (χ0n) is 13.2. The van der Waals surface area contributed by atoms with Gasteiger partial charge in [-0.3, -0.25) is 0 Å². The van der Waals surface area contributed by atoms with Crippen molar-refractivity contribution in [1.82, 2.24) is 4.41 Å². The van der Waals surface area contributed by atoms with Crippen LogP contribution < -0.4 is 9.47 Å². The lowest BCUT2D eigenvalue weighted by Gasteiger charge is -2.19. The van der Waals surface area contributed by atoms with E-state index in [2.05, 4.69) is 5.10 Å². The third kappa shape index (κ3) is 2.65. The maximum atomic E-state index is 12.2. The van der Waals surface area contributed by atoms with E-state index >= 15 is 0 Å². The summed E-state index contributed by atoms with van der Waals surface area (Å²) in [6, 6.07) is 9.24. The van der Waals surface area contributed by atoms with E-state index in [0.717, 1.165) is 21.0 Å². The number of fused-ring (bicyclic) bond motifs is 1. The third-order valence-corrected chi connectivity index (χ3v) is 6.13. The third-order valence-electron chi connectivity index (χ3n) is 4.01. The zero-order valence-corrected chi connectivity index (χ0v) is 14.9. The molecule has 0 amide bonds. The second-order valence-electron chi connectivity index (χ2n) is 5.82. The SMILES string of the molecule is Cc1ccc([C@@H]2CC(c3ccc4c(c3)OCO4)=NN2S(C)(=O)=O)s1. The highest BCUT2D eigenvalue weighted by molar-refractivity contribution is 7.88. The predicted molar refractivity (Wildman–Crippen MR) is 92.2 cm³/mol. The van der Waals surface area contributed by atoms with Crippen molar-refractivity contribution in [1.29, 1.82) is 0 Å². The summed E-state index contributed by atoms with van der Waals surface area (Å²) in [6.45, 7) is 2.21. The molecule has 24 heavy (non-hydrogen) atoms. The number of ether oxygens (including phenoxy) is 2. The van der Waals surface area contributed by atoms with Crippen LogP contribution in [-0.4, -0.2) is 31.6 Å². The fourth-order valence-corrected chi connectivity index (χ4v) is 4.82. The van der Waals surface area contributed by atoms with E-state index in [1.54, 1.807) is 11.3 Å². The average molecular weight is 364 g/mol. The molecule has 126 valence electrons. The summed E-state index contributed by atoms with van der Waals surface area (Å²) >= 11 is 1.60. The normalized spacial score (nSPS) is 19.7. The zero-order chi connectivity index (χ0) is 16.9. The molecule has 8 heteroatoms. The highest BCUT2D eigenvalue weighted by Gasteiger charge is 2.35. The minimum absolute atomic E-state index is 0.206. The van der Waals surface area contributed by atoms with E-state index in [1.165, 1.54) is 10.7 Å². The number of nitrogens with zero attached hydrogens (tertiary/aromatic N) is 2. The molecule has 0 bridgehead atoms. The Morgan fingerprint density at radius 2 is 2.00 bits per heavy atom. The summed E-state index contributed by atoms with van der Waals surface area (Å²) in [7, 11) is -3.45. The Morgan fingerprint density at radius 1 is 1.21 bits per heavy atom. The highest BCUT2D eigenvalue weighted by atomic mass is 32.2. The van der Waals surface area contributed by atoms with E-state index in [-0.39, 0.29) is 12.8 Å². The topological polar surface area (TPSA) is 68.2 Å². The molecule has 4 rings (SSSR count). The Bertz CT molecular complexity index is 933. The Balaban J connectivity index is 1.72. The van der Waals surface area contributed by atoms with Crippen LogP contribution in [0.25, 0.3) is 0 Å². The number of rotatable bonds is 3. The lowest BCUT2D eigenvalue weighted by Crippen LogP contribution is -2.25. The van der Waals surface area contributed by atoms with Crippen LogP contribution in [0.3, 0.4) is 0 Å². The molecule has 1 aromatic carbocycles. The van der Waals surface area contributed by atoms with Gasteiger partial charge in [0.25, 0.3) is 0 Å². The van der Waals surface area contributed by atoms with Crippen molar-refractivity contribution in [2.75, 3.05) is 13.0 Å². The molecule has 0 fully saturated rings. The van der Waals surface area contributed by atoms with E-state index in [1.807, 2.05) is 37.3 Å². The van der Waals surface area contributed by atoms with Crippen molar-refractivity contribution in [3.05, 3.63) is 45.6 Å². The molecular weight excluding hydrogens is 348 g/mol. The number of aryl methyl sites for hydroxylation is 1. The van der Waals surface area contributed by atoms with Crippen LogP contribution in [0.4, 0.5) is 0 Å². The average Bonchev–Trinajstić information content (AvgIpc) is 3.23. The Morgan fingerprint density at radius 3 is 2.71 bits per heavy atom. The molecule has 0 aliphatic carbocycles. The molecule has 6 nitrogen and oxygen atoms in total. The maximum absolute atomic E-state index is 12.2. The molecule has 1 aromatic heterocycles. The number of hydrazone groups is 1. The van der Waals surface area contributed by atoms with Crippen LogP contribution in [0.1, 0.15) is 27.8 Å². The van der Waals surface area contributed by atoms with Crippen molar-refractivity contribution < 1.29 is 17.9 Å². The van der Waals surface area contributed by atoms with Crippen molar-refractivity contribution in [2.24, 2.45) is 5.10 Å². The molecule has 0 saturated carbocycles. The second-order valence-corrected chi connectivity index (χ2v) is 8.98. The highest BCUT2D eigenvalue weighted by Crippen LogP contribution is 2.39. The molecule has 0 unspecified atom stereocenters. The molecule has 0 N–H and O–H groups in total. The first-order valence-corrected chi connectivity index (χ1v) is 10.1. The molecule has 3 heterocycles. The standard InChI is InChI=1S/C16H16N2O4S2/c1-10-3-6-16(23-10)13-8-12(17-18(13)24(2,19)20)11-4-5-14-15(7-11)22-9-21-14/h3-7,13H,8-9H2,1-2H3/t13-/m0/s1. The summed E-state index contributed by atoms with van der Waals surface area (Å²) in [5.74, 6) is 1.36. The van der Waals surface area contributed by atoms with Crippen molar-refractivity contribution >= 4 is 27.1 Å². The molecular formula is C16H16N2O4S2. The summed E-state index contributed by atoms with van der Waals surface area (Å²) in [4.78, 5) is 2.15. The number of hydrogen-bond donors (Lipinski definition) is 0. The van der Waals surface area contributed by atoms with Gasteiger partial charge in [0.05, 0.1) is 12.0 Å². The molecule has 0 saturated heterocycles. The van der Waals surface area contributed by atoms with Gasteiger partial charge in [0.15, 0.2) is 11.5 Å². The van der Waals surface area contributed by atoms with Crippen LogP contribution in [0.2, 0.25) is 0 Å². The first kappa shape index (κ1) is 15.5. The van der Waals surface area contributed by atoms with Gasteiger partial charge >= 0.3 is 0 Å². The fraction of sp³-hybridized carbons (Fsp3) is 0.312. The van der Waals surface area contributed by atoms with Crippen LogP contribution in [0, 0.1) is 6.92 Å². The summed E-state index contributed by atoms with van der Waals surface area (Å²) in [6.07, 6.45) is 1.72. The fourth-order valence-electron chi connectivity index (χ4n) is 2.89. The summed E-state index contributed by atoms with van der Waals surface area (Å²) in [5.41, 5.74) is 1.58. The second kappa shape index (κ2) is 5.49. The number of benzene rings is 1. The number of thiophene rings is 1. The monoisotopic (exact) mass is 364 g/mol. The van der Waals surface area contributed by atoms with Crippen molar-refractivity contribution in [2.45, 2.75) is 19.4 Å². The van der Waals surface area contributed by atoms with Crippen LogP contribution >= 0.6 is 11.3 Å². The van der Waals surface area contributed by atoms with E-state index < -0.39 is 10.0 Å². The molecule has 2 aliphatic rings. The minimum atomic E-state index is -3.45. The van der Waals surface area contributed by atoms with Gasteiger partial charge in [0.1, 0.15) is 6.04 Å². The first-order chi connectivity index (χ1) is 11.4. The van der Waals surface area contributed by atoms with Crippen LogP contribution in [0.5, 0.6) is 11.5 Å². The van der Waals surface area contributed by atoms with Crippen molar-refractivity contribution in [3.8, 4) is 11.5 Å². The lowest BCUT2D eigenvalue weighted by atomic mass is 10.0.